The van der Waals surface area contributed by atoms with E-state index in [1.54, 1.807) is 4.90 Å². The van der Waals surface area contributed by atoms with E-state index in [1.165, 1.54) is 6.92 Å². The van der Waals surface area contributed by atoms with Crippen LogP contribution in [0.2, 0.25) is 0 Å². The molecule has 1 N–H and O–H groups in total. The molecule has 0 aromatic rings. The first-order valence-corrected chi connectivity index (χ1v) is 6.77. The van der Waals surface area contributed by atoms with Crippen LogP contribution in [0.5, 0.6) is 0 Å². The Morgan fingerprint density at radius 2 is 2.17 bits per heavy atom. The van der Waals surface area contributed by atoms with Crippen molar-refractivity contribution < 1.29 is 14.7 Å². The Balaban J connectivity index is 2.27. The van der Waals surface area contributed by atoms with Crippen molar-refractivity contribution in [1.29, 1.82) is 0 Å². The smallest absolute Gasteiger partial charge is 0.329 e. The minimum absolute atomic E-state index is 0.133. The number of carbonyl (C=O) groups is 2. The molecule has 5 nitrogen and oxygen atoms in total. The molecule has 5 heteroatoms. The van der Waals surface area contributed by atoms with E-state index in [9.17, 15) is 14.7 Å². The lowest BCUT2D eigenvalue weighted by atomic mass is 9.81. The van der Waals surface area contributed by atoms with E-state index >= 15 is 0 Å². The van der Waals surface area contributed by atoms with Gasteiger partial charge in [-0.25, -0.2) is 4.79 Å². The second-order valence-corrected chi connectivity index (χ2v) is 5.39. The van der Waals surface area contributed by atoms with Crippen LogP contribution in [0.15, 0.2) is 0 Å². The number of carbonyl (C=O) groups excluding carboxylic acids is 1. The quantitative estimate of drug-likeness (QED) is 0.814. The molecule has 2 aliphatic rings. The van der Waals surface area contributed by atoms with Gasteiger partial charge in [0.1, 0.15) is 5.54 Å². The SMILES string of the molecule is CCN(C(C)=O)C1(C(=O)O)CCN2CCCC2C1. The number of nitrogens with zero attached hydrogens (tertiary/aromatic N) is 2. The van der Waals surface area contributed by atoms with Gasteiger partial charge in [-0.15, -0.1) is 0 Å². The number of carboxylic acid groups (broad SMARTS) is 1. The average molecular weight is 254 g/mol. The topological polar surface area (TPSA) is 60.9 Å². The van der Waals surface area contributed by atoms with Crippen molar-refractivity contribution in [3.05, 3.63) is 0 Å². The fourth-order valence-corrected chi connectivity index (χ4v) is 3.62. The largest absolute Gasteiger partial charge is 0.479 e. The van der Waals surface area contributed by atoms with Gasteiger partial charge in [0.15, 0.2) is 0 Å². The van der Waals surface area contributed by atoms with Crippen LogP contribution in [-0.2, 0) is 9.59 Å². The number of amides is 1. The van der Waals surface area contributed by atoms with E-state index in [0.29, 0.717) is 25.4 Å². The Hall–Kier alpha value is -1.10. The molecule has 0 aromatic heterocycles. The number of fused-ring (bicyclic) bond motifs is 1. The van der Waals surface area contributed by atoms with E-state index in [2.05, 4.69) is 4.90 Å². The third-order valence-electron chi connectivity index (χ3n) is 4.50. The number of hydrogen-bond acceptors (Lipinski definition) is 3. The Labute approximate surface area is 108 Å². The van der Waals surface area contributed by atoms with E-state index in [4.69, 9.17) is 0 Å². The third kappa shape index (κ3) is 2.00. The number of rotatable bonds is 3. The van der Waals surface area contributed by atoms with Crippen molar-refractivity contribution >= 4 is 11.9 Å². The van der Waals surface area contributed by atoms with Crippen LogP contribution in [0.3, 0.4) is 0 Å². The molecular weight excluding hydrogens is 232 g/mol. The molecule has 2 aliphatic heterocycles. The Bertz CT molecular complexity index is 358. The van der Waals surface area contributed by atoms with Gasteiger partial charge in [-0.1, -0.05) is 0 Å². The highest BCUT2D eigenvalue weighted by Crippen LogP contribution is 2.37. The van der Waals surface area contributed by atoms with Gasteiger partial charge in [-0.2, -0.15) is 0 Å². The highest BCUT2D eigenvalue weighted by Gasteiger charge is 2.51. The van der Waals surface area contributed by atoms with Gasteiger partial charge in [-0.05, 0) is 39.2 Å². The minimum Gasteiger partial charge on any atom is -0.479 e. The summed E-state index contributed by atoms with van der Waals surface area (Å²) in [6.45, 7) is 5.66. The van der Waals surface area contributed by atoms with Crippen LogP contribution < -0.4 is 0 Å². The molecular formula is C13H22N2O3. The molecule has 2 atom stereocenters. The summed E-state index contributed by atoms with van der Waals surface area (Å²) in [4.78, 5) is 27.4. The minimum atomic E-state index is -0.980. The van der Waals surface area contributed by atoms with E-state index in [-0.39, 0.29) is 5.91 Å². The molecule has 0 radical (unpaired) electrons. The molecule has 0 spiro atoms. The molecule has 1 amide bonds. The standard InChI is InChI=1S/C13H22N2O3/c1-3-15(10(2)16)13(12(17)18)6-8-14-7-4-5-11(14)9-13/h11H,3-9H2,1-2H3,(H,17,18). The monoisotopic (exact) mass is 254 g/mol. The summed E-state index contributed by atoms with van der Waals surface area (Å²) in [6, 6.07) is 0.336. The maximum atomic E-state index is 11.8. The Morgan fingerprint density at radius 3 is 2.72 bits per heavy atom. The molecule has 2 rings (SSSR count). The van der Waals surface area contributed by atoms with E-state index in [0.717, 1.165) is 25.9 Å². The molecule has 0 aromatic carbocycles. The fraction of sp³-hybridized carbons (Fsp3) is 0.846. The second kappa shape index (κ2) is 4.88. The second-order valence-electron chi connectivity index (χ2n) is 5.39. The summed E-state index contributed by atoms with van der Waals surface area (Å²) in [5.74, 6) is -0.975. The van der Waals surface area contributed by atoms with Gasteiger partial charge in [0, 0.05) is 26.1 Å². The molecule has 0 bridgehead atoms. The predicted octanol–water partition coefficient (Wildman–Crippen LogP) is 0.936. The van der Waals surface area contributed by atoms with Crippen molar-refractivity contribution in [2.24, 2.45) is 0 Å². The number of hydrogen-bond donors (Lipinski definition) is 1. The molecule has 2 unspecified atom stereocenters. The summed E-state index contributed by atoms with van der Waals surface area (Å²) < 4.78 is 0. The molecule has 102 valence electrons. The lowest BCUT2D eigenvalue weighted by molar-refractivity contribution is -0.163. The lowest BCUT2D eigenvalue weighted by Gasteiger charge is -2.47. The zero-order valence-corrected chi connectivity index (χ0v) is 11.2. The maximum absolute atomic E-state index is 11.8. The maximum Gasteiger partial charge on any atom is 0.329 e. The van der Waals surface area contributed by atoms with Crippen LogP contribution in [-0.4, -0.2) is 58.0 Å². The summed E-state index contributed by atoms with van der Waals surface area (Å²) in [5, 5.41) is 9.65. The molecule has 18 heavy (non-hydrogen) atoms. The first-order valence-electron chi connectivity index (χ1n) is 6.77. The average Bonchev–Trinajstić information content (AvgIpc) is 2.76. The first kappa shape index (κ1) is 13.3. The van der Waals surface area contributed by atoms with Crippen molar-refractivity contribution in [1.82, 2.24) is 9.80 Å². The van der Waals surface area contributed by atoms with Gasteiger partial charge in [0.25, 0.3) is 0 Å². The summed E-state index contributed by atoms with van der Waals surface area (Å²) >= 11 is 0. The van der Waals surface area contributed by atoms with Crippen LogP contribution in [0.4, 0.5) is 0 Å². The highest BCUT2D eigenvalue weighted by molar-refractivity contribution is 5.86. The molecule has 0 saturated carbocycles. The van der Waals surface area contributed by atoms with E-state index in [1.807, 2.05) is 6.92 Å². The third-order valence-corrected chi connectivity index (χ3v) is 4.50. The zero-order chi connectivity index (χ0) is 13.3. The van der Waals surface area contributed by atoms with Crippen LogP contribution in [0.1, 0.15) is 39.5 Å². The molecule has 2 saturated heterocycles. The zero-order valence-electron chi connectivity index (χ0n) is 11.2. The molecule has 0 aliphatic carbocycles. The van der Waals surface area contributed by atoms with Crippen molar-refractivity contribution in [2.75, 3.05) is 19.6 Å². The Morgan fingerprint density at radius 1 is 1.44 bits per heavy atom. The van der Waals surface area contributed by atoms with Crippen LogP contribution in [0.25, 0.3) is 0 Å². The van der Waals surface area contributed by atoms with Crippen LogP contribution >= 0.6 is 0 Å². The predicted molar refractivity (Wildman–Crippen MR) is 67.3 cm³/mol. The number of piperidine rings is 1. The van der Waals surface area contributed by atoms with Gasteiger partial charge in [0.2, 0.25) is 5.91 Å². The summed E-state index contributed by atoms with van der Waals surface area (Å²) in [5.41, 5.74) is -0.980. The number of carboxylic acids is 1. The fourth-order valence-electron chi connectivity index (χ4n) is 3.62. The van der Waals surface area contributed by atoms with Crippen molar-refractivity contribution in [3.63, 3.8) is 0 Å². The highest BCUT2D eigenvalue weighted by atomic mass is 16.4. The number of aliphatic carboxylic acids is 1. The van der Waals surface area contributed by atoms with Gasteiger partial charge in [0.05, 0.1) is 0 Å². The van der Waals surface area contributed by atoms with Crippen molar-refractivity contribution in [2.45, 2.75) is 51.1 Å². The molecule has 2 fully saturated rings. The normalized spacial score (nSPS) is 32.0. The lowest BCUT2D eigenvalue weighted by Crippen LogP contribution is -2.62. The van der Waals surface area contributed by atoms with E-state index < -0.39 is 11.5 Å². The summed E-state index contributed by atoms with van der Waals surface area (Å²) in [6.07, 6.45) is 3.33. The Kier molecular flexibility index (Phi) is 3.61. The van der Waals surface area contributed by atoms with Crippen LogP contribution in [0, 0.1) is 0 Å². The van der Waals surface area contributed by atoms with Crippen molar-refractivity contribution in [3.8, 4) is 0 Å². The van der Waals surface area contributed by atoms with Gasteiger partial charge < -0.3 is 14.9 Å². The van der Waals surface area contributed by atoms with Gasteiger partial charge in [-0.3, -0.25) is 4.79 Å². The molecule has 2 heterocycles. The van der Waals surface area contributed by atoms with Gasteiger partial charge >= 0.3 is 5.97 Å². The summed E-state index contributed by atoms with van der Waals surface area (Å²) in [7, 11) is 0. The first-order chi connectivity index (χ1) is 8.51. The number of likely N-dealkylation sites (N-methyl/N-ethyl adjacent to an activating group) is 1.